The average Bonchev–Trinajstić information content (AvgIpc) is 3.50. The summed E-state index contributed by atoms with van der Waals surface area (Å²) in [6, 6.07) is 31.2. The Morgan fingerprint density at radius 3 is 2.36 bits per heavy atom. The van der Waals surface area contributed by atoms with Crippen molar-refractivity contribution >= 4 is 32.8 Å². The maximum absolute atomic E-state index is 9.93. The van der Waals surface area contributed by atoms with Crippen LogP contribution in [0.25, 0.3) is 44.3 Å². The minimum atomic E-state index is -0.00615. The summed E-state index contributed by atoms with van der Waals surface area (Å²) in [6.45, 7) is 10.9. The van der Waals surface area contributed by atoms with Gasteiger partial charge in [-0.1, -0.05) is 39.0 Å². The van der Waals surface area contributed by atoms with Gasteiger partial charge < -0.3 is 4.74 Å². The first kappa shape index (κ1) is 27.4. The van der Waals surface area contributed by atoms with Gasteiger partial charge in [-0.15, -0.1) is 0 Å². The van der Waals surface area contributed by atoms with E-state index in [-0.39, 0.29) is 5.41 Å². The van der Waals surface area contributed by atoms with Crippen molar-refractivity contribution < 1.29 is 9.30 Å². The lowest BCUT2D eigenvalue weighted by molar-refractivity contribution is -0.645. The highest BCUT2D eigenvalue weighted by Gasteiger charge is 2.20. The summed E-state index contributed by atoms with van der Waals surface area (Å²) in [6.07, 6.45) is 3.94. The van der Waals surface area contributed by atoms with E-state index >= 15 is 0 Å². The van der Waals surface area contributed by atoms with Crippen LogP contribution < -0.4 is 9.30 Å². The number of aromatic nitrogens is 4. The molecule has 0 saturated heterocycles. The molecule has 6 heteroatoms. The van der Waals surface area contributed by atoms with Crippen LogP contribution in [0.4, 0.5) is 0 Å². The van der Waals surface area contributed by atoms with Crippen LogP contribution in [0.5, 0.6) is 11.5 Å². The number of nitriles is 1. The van der Waals surface area contributed by atoms with Crippen molar-refractivity contribution in [2.75, 3.05) is 0 Å². The fourth-order valence-corrected chi connectivity index (χ4v) is 6.01. The number of pyridine rings is 1. The Bertz CT molecular complexity index is 2290. The van der Waals surface area contributed by atoms with Gasteiger partial charge in [-0.3, -0.25) is 4.57 Å². The highest BCUT2D eigenvalue weighted by molar-refractivity contribution is 6.09. The molecule has 216 valence electrons. The number of hydrogen-bond donors (Lipinski definition) is 0. The van der Waals surface area contributed by atoms with Crippen LogP contribution >= 0.6 is 0 Å². The maximum Gasteiger partial charge on any atom is 0.249 e. The number of hydrogen-bond acceptors (Lipinski definition) is 3. The minimum Gasteiger partial charge on any atom is -0.457 e. The third-order valence-corrected chi connectivity index (χ3v) is 8.54. The summed E-state index contributed by atoms with van der Waals surface area (Å²) in [4.78, 5) is 4.80. The number of imidazole rings is 1. The van der Waals surface area contributed by atoms with Crippen LogP contribution in [0.15, 0.2) is 97.5 Å². The number of aryl methyl sites for hydroxylation is 3. The number of nitrogens with zero attached hydrogens (tertiary/aromatic N) is 5. The van der Waals surface area contributed by atoms with Gasteiger partial charge in [0, 0.05) is 35.2 Å². The molecule has 44 heavy (non-hydrogen) atoms. The maximum atomic E-state index is 9.93. The van der Waals surface area contributed by atoms with Crippen LogP contribution in [0.3, 0.4) is 0 Å². The van der Waals surface area contributed by atoms with E-state index in [1.54, 1.807) is 6.07 Å². The van der Waals surface area contributed by atoms with Crippen molar-refractivity contribution in [1.29, 1.82) is 5.26 Å². The molecular formula is C38H34N5O+. The Kier molecular flexibility index (Phi) is 6.30. The Hall–Kier alpha value is -5.41. The Balaban J connectivity index is 1.36. The van der Waals surface area contributed by atoms with Crippen molar-refractivity contribution in [1.82, 2.24) is 14.1 Å². The fraction of sp³-hybridized carbons (Fsp3) is 0.184. The van der Waals surface area contributed by atoms with E-state index in [0.29, 0.717) is 17.1 Å². The lowest BCUT2D eigenvalue weighted by Crippen LogP contribution is -2.25. The van der Waals surface area contributed by atoms with Gasteiger partial charge in [0.1, 0.15) is 23.0 Å². The van der Waals surface area contributed by atoms with Crippen LogP contribution in [0, 0.1) is 25.2 Å². The second-order valence-electron chi connectivity index (χ2n) is 12.6. The third-order valence-electron chi connectivity index (χ3n) is 8.54. The van der Waals surface area contributed by atoms with Gasteiger partial charge in [-0.2, -0.15) is 9.83 Å². The number of para-hydroxylation sites is 1. The van der Waals surface area contributed by atoms with E-state index in [1.165, 1.54) is 16.7 Å². The van der Waals surface area contributed by atoms with Gasteiger partial charge in [0.2, 0.25) is 6.33 Å². The van der Waals surface area contributed by atoms with Crippen molar-refractivity contribution in [3.63, 3.8) is 0 Å². The van der Waals surface area contributed by atoms with Gasteiger partial charge >= 0.3 is 0 Å². The summed E-state index contributed by atoms with van der Waals surface area (Å²) < 4.78 is 12.9. The van der Waals surface area contributed by atoms with Crippen LogP contribution in [0.2, 0.25) is 0 Å². The Morgan fingerprint density at radius 2 is 1.57 bits per heavy atom. The molecule has 0 spiro atoms. The number of benzene rings is 4. The van der Waals surface area contributed by atoms with E-state index in [0.717, 1.165) is 44.3 Å². The first-order valence-corrected chi connectivity index (χ1v) is 14.8. The van der Waals surface area contributed by atoms with E-state index in [9.17, 15) is 5.26 Å². The molecule has 0 fully saturated rings. The first-order chi connectivity index (χ1) is 21.1. The first-order valence-electron chi connectivity index (χ1n) is 14.8. The minimum absolute atomic E-state index is 0.00615. The molecular weight excluding hydrogens is 542 g/mol. The molecule has 0 saturated carbocycles. The van der Waals surface area contributed by atoms with Crippen LogP contribution in [-0.4, -0.2) is 14.1 Å². The lowest BCUT2D eigenvalue weighted by Gasteiger charge is -2.20. The topological polar surface area (TPSA) is 59.6 Å². The summed E-state index contributed by atoms with van der Waals surface area (Å²) >= 11 is 0. The molecule has 0 radical (unpaired) electrons. The van der Waals surface area contributed by atoms with Gasteiger partial charge in [0.15, 0.2) is 11.0 Å². The number of fused-ring (bicyclic) bond motifs is 4. The molecule has 6 nitrogen and oxygen atoms in total. The third kappa shape index (κ3) is 4.58. The average molecular weight is 577 g/mol. The molecule has 7 aromatic rings. The molecule has 0 amide bonds. The second-order valence-corrected chi connectivity index (χ2v) is 12.6. The summed E-state index contributed by atoms with van der Waals surface area (Å²) in [5.74, 6) is 2.15. The molecule has 3 heterocycles. The van der Waals surface area contributed by atoms with Crippen molar-refractivity contribution in [3.8, 4) is 29.1 Å². The van der Waals surface area contributed by atoms with Crippen molar-refractivity contribution in [2.24, 2.45) is 7.05 Å². The van der Waals surface area contributed by atoms with Crippen LogP contribution in [-0.2, 0) is 12.5 Å². The number of ether oxygens (including phenoxy) is 1. The molecule has 4 aromatic carbocycles. The summed E-state index contributed by atoms with van der Waals surface area (Å²) in [5.41, 5.74) is 9.37. The molecule has 7 rings (SSSR count). The molecule has 0 atom stereocenters. The van der Waals surface area contributed by atoms with E-state index in [2.05, 4.69) is 115 Å². The molecule has 0 N–H and O–H groups in total. The zero-order chi connectivity index (χ0) is 30.7. The summed E-state index contributed by atoms with van der Waals surface area (Å²) in [7, 11) is 2.04. The SMILES string of the molecule is Cc1cc2c(cc1C)[n+](C)cn2-c1cc(C#N)cc(Oc2ccc3c4ccccc4n(-c4cc(C(C)(C)C)ccn4)c3c2)c1. The molecule has 0 unspecified atom stereocenters. The number of rotatable bonds is 4. The van der Waals surface area contributed by atoms with E-state index in [4.69, 9.17) is 9.72 Å². The van der Waals surface area contributed by atoms with Crippen LogP contribution in [0.1, 0.15) is 43.0 Å². The van der Waals surface area contributed by atoms with Gasteiger partial charge in [0.25, 0.3) is 0 Å². The fourth-order valence-electron chi connectivity index (χ4n) is 6.01. The highest BCUT2D eigenvalue weighted by atomic mass is 16.5. The predicted molar refractivity (Wildman–Crippen MR) is 176 cm³/mol. The summed E-state index contributed by atoms with van der Waals surface area (Å²) in [5, 5.41) is 12.2. The van der Waals surface area contributed by atoms with E-state index in [1.807, 2.05) is 37.8 Å². The smallest absolute Gasteiger partial charge is 0.249 e. The van der Waals surface area contributed by atoms with Gasteiger partial charge in [0.05, 0.1) is 29.7 Å². The van der Waals surface area contributed by atoms with Gasteiger partial charge in [-0.25, -0.2) is 9.55 Å². The van der Waals surface area contributed by atoms with E-state index < -0.39 is 0 Å². The molecule has 0 aliphatic carbocycles. The zero-order valence-electron chi connectivity index (χ0n) is 25.9. The monoisotopic (exact) mass is 576 g/mol. The van der Waals surface area contributed by atoms with Gasteiger partial charge in [-0.05, 0) is 84.5 Å². The standard InChI is InChI=1S/C38H34N5O/c1-24-15-35-36(16-25(24)2)42(23-41(35)6)28-17-26(22-39)18-30(20-28)44-29-11-12-32-31-9-7-8-10-33(31)43(34(32)21-29)37-19-27(13-14-40-37)38(3,4)5/h7-21,23H,1-6H3/q+1. The largest absolute Gasteiger partial charge is 0.457 e. The molecule has 0 bridgehead atoms. The molecule has 0 aliphatic rings. The Morgan fingerprint density at radius 1 is 0.795 bits per heavy atom. The molecule has 0 aliphatic heterocycles. The molecule has 3 aromatic heterocycles. The normalized spacial score (nSPS) is 11.8. The van der Waals surface area contributed by atoms with Crippen molar-refractivity contribution in [3.05, 3.63) is 120 Å². The van der Waals surface area contributed by atoms with Crippen molar-refractivity contribution in [2.45, 2.75) is 40.0 Å². The lowest BCUT2D eigenvalue weighted by atomic mass is 9.88. The second kappa shape index (κ2) is 10.1. The highest BCUT2D eigenvalue weighted by Crippen LogP contribution is 2.36. The quantitative estimate of drug-likeness (QED) is 0.197. The Labute approximate surface area is 257 Å². The predicted octanol–water partition coefficient (Wildman–Crippen LogP) is 8.53. The zero-order valence-corrected chi connectivity index (χ0v) is 25.9.